The molecule has 0 saturated carbocycles. The summed E-state index contributed by atoms with van der Waals surface area (Å²) in [4.78, 5) is 10.1. The number of rotatable bonds is 3. The summed E-state index contributed by atoms with van der Waals surface area (Å²) in [5.41, 5.74) is -0.121. The van der Waals surface area contributed by atoms with Gasteiger partial charge in [-0.3, -0.25) is 4.79 Å². The molecule has 0 spiro atoms. The smallest absolute Gasteiger partial charge is 0.322 e. The summed E-state index contributed by atoms with van der Waals surface area (Å²) >= 11 is 0. The number of halogens is 3. The van der Waals surface area contributed by atoms with E-state index in [4.69, 9.17) is 5.11 Å². The van der Waals surface area contributed by atoms with Crippen LogP contribution < -0.4 is 5.32 Å². The van der Waals surface area contributed by atoms with Crippen molar-refractivity contribution < 1.29 is 23.1 Å². The molecule has 0 bridgehead atoms. The summed E-state index contributed by atoms with van der Waals surface area (Å²) in [6.07, 6.45) is 0. The van der Waals surface area contributed by atoms with Crippen LogP contribution >= 0.6 is 0 Å². The van der Waals surface area contributed by atoms with Crippen molar-refractivity contribution in [1.29, 1.82) is 0 Å². The van der Waals surface area contributed by atoms with Crippen LogP contribution in [0, 0.1) is 17.5 Å². The Morgan fingerprint density at radius 3 is 2.21 bits per heavy atom. The highest BCUT2D eigenvalue weighted by atomic mass is 19.2. The molecule has 1 rings (SSSR count). The fraction of sp³-hybridized carbons (Fsp3) is 0.125. The van der Waals surface area contributed by atoms with Gasteiger partial charge in [0.05, 0.1) is 0 Å². The quantitative estimate of drug-likeness (QED) is 0.737. The van der Waals surface area contributed by atoms with Crippen LogP contribution in [0.4, 0.5) is 18.9 Å². The van der Waals surface area contributed by atoms with Gasteiger partial charge in [0.1, 0.15) is 6.54 Å². The summed E-state index contributed by atoms with van der Waals surface area (Å²) in [6, 6.07) is 1.36. The topological polar surface area (TPSA) is 49.3 Å². The summed E-state index contributed by atoms with van der Waals surface area (Å²) < 4.78 is 37.5. The molecule has 1 aromatic rings. The van der Waals surface area contributed by atoms with Crippen LogP contribution in [-0.4, -0.2) is 17.6 Å². The average molecular weight is 205 g/mol. The molecule has 0 fully saturated rings. The van der Waals surface area contributed by atoms with E-state index in [-0.39, 0.29) is 5.69 Å². The van der Waals surface area contributed by atoms with Crippen molar-refractivity contribution in [3.63, 3.8) is 0 Å². The van der Waals surface area contributed by atoms with E-state index >= 15 is 0 Å². The van der Waals surface area contributed by atoms with Crippen molar-refractivity contribution >= 4 is 11.7 Å². The summed E-state index contributed by atoms with van der Waals surface area (Å²) in [5.74, 6) is -5.49. The number of hydrogen-bond acceptors (Lipinski definition) is 2. The van der Waals surface area contributed by atoms with E-state index in [0.29, 0.717) is 12.1 Å². The largest absolute Gasteiger partial charge is 0.480 e. The number of carbonyl (C=O) groups is 1. The number of carboxylic acid groups (broad SMARTS) is 1. The van der Waals surface area contributed by atoms with Gasteiger partial charge in [0.25, 0.3) is 0 Å². The molecule has 14 heavy (non-hydrogen) atoms. The lowest BCUT2D eigenvalue weighted by molar-refractivity contribution is -0.134. The van der Waals surface area contributed by atoms with Crippen LogP contribution in [0.1, 0.15) is 0 Å². The molecule has 0 aromatic heterocycles. The Labute approximate surface area is 77.2 Å². The number of carboxylic acids is 1. The lowest BCUT2D eigenvalue weighted by Gasteiger charge is -2.04. The van der Waals surface area contributed by atoms with E-state index in [9.17, 15) is 18.0 Å². The van der Waals surface area contributed by atoms with Gasteiger partial charge < -0.3 is 10.4 Å². The van der Waals surface area contributed by atoms with Crippen molar-refractivity contribution in [1.82, 2.24) is 0 Å². The van der Waals surface area contributed by atoms with E-state index < -0.39 is 30.0 Å². The van der Waals surface area contributed by atoms with Gasteiger partial charge in [0, 0.05) is 17.8 Å². The van der Waals surface area contributed by atoms with E-state index in [1.165, 1.54) is 0 Å². The maximum absolute atomic E-state index is 12.6. The first kappa shape index (κ1) is 10.4. The maximum Gasteiger partial charge on any atom is 0.322 e. The first-order valence-electron chi connectivity index (χ1n) is 3.61. The van der Waals surface area contributed by atoms with Gasteiger partial charge in [-0.2, -0.15) is 0 Å². The Balaban J connectivity index is 2.84. The van der Waals surface area contributed by atoms with Gasteiger partial charge in [-0.05, 0) is 0 Å². The highest BCUT2D eigenvalue weighted by Gasteiger charge is 2.10. The van der Waals surface area contributed by atoms with Crippen LogP contribution in [0.15, 0.2) is 12.1 Å². The average Bonchev–Trinajstić information content (AvgIpc) is 2.10. The Morgan fingerprint density at radius 2 is 1.79 bits per heavy atom. The second kappa shape index (κ2) is 3.99. The van der Waals surface area contributed by atoms with Crippen LogP contribution in [-0.2, 0) is 4.79 Å². The van der Waals surface area contributed by atoms with E-state index in [0.717, 1.165) is 0 Å². The number of benzene rings is 1. The van der Waals surface area contributed by atoms with Gasteiger partial charge >= 0.3 is 5.97 Å². The van der Waals surface area contributed by atoms with E-state index in [1.54, 1.807) is 0 Å². The minimum absolute atomic E-state index is 0.121. The molecule has 0 saturated heterocycles. The second-order valence-electron chi connectivity index (χ2n) is 2.50. The molecule has 0 aliphatic rings. The lowest BCUT2D eigenvalue weighted by Crippen LogP contribution is -2.12. The molecule has 3 nitrogen and oxygen atoms in total. The minimum atomic E-state index is -1.58. The molecule has 6 heteroatoms. The van der Waals surface area contributed by atoms with Gasteiger partial charge in [0.15, 0.2) is 17.5 Å². The zero-order valence-corrected chi connectivity index (χ0v) is 6.85. The maximum atomic E-state index is 12.6. The van der Waals surface area contributed by atoms with Gasteiger partial charge in [-0.1, -0.05) is 0 Å². The number of aliphatic carboxylic acids is 1. The fourth-order valence-electron chi connectivity index (χ4n) is 0.835. The molecule has 1 aromatic carbocycles. The zero-order valence-electron chi connectivity index (χ0n) is 6.85. The van der Waals surface area contributed by atoms with E-state index in [2.05, 4.69) is 5.32 Å². The second-order valence-corrected chi connectivity index (χ2v) is 2.50. The lowest BCUT2D eigenvalue weighted by atomic mass is 10.3. The third kappa shape index (κ3) is 2.38. The number of nitrogens with one attached hydrogen (secondary N) is 1. The Kier molecular flexibility index (Phi) is 2.95. The molecule has 0 unspecified atom stereocenters. The molecule has 2 N–H and O–H groups in total. The first-order valence-corrected chi connectivity index (χ1v) is 3.61. The zero-order chi connectivity index (χ0) is 10.7. The molecule has 0 radical (unpaired) electrons. The van der Waals surface area contributed by atoms with Crippen LogP contribution in [0.2, 0.25) is 0 Å². The van der Waals surface area contributed by atoms with Crippen molar-refractivity contribution in [2.45, 2.75) is 0 Å². The Hall–Kier alpha value is -1.72. The predicted octanol–water partition coefficient (Wildman–Crippen LogP) is 1.60. The van der Waals surface area contributed by atoms with Gasteiger partial charge in [-0.25, -0.2) is 13.2 Å². The third-order valence-electron chi connectivity index (χ3n) is 1.43. The Morgan fingerprint density at radius 1 is 1.29 bits per heavy atom. The standard InChI is InChI=1S/C8H6F3NO2/c9-5-1-4(12-3-7(13)14)2-6(10)8(5)11/h1-2,12H,3H2,(H,13,14). The molecule has 0 atom stereocenters. The molecular formula is C8H6F3NO2. The van der Waals surface area contributed by atoms with Crippen LogP contribution in [0.25, 0.3) is 0 Å². The van der Waals surface area contributed by atoms with E-state index in [1.807, 2.05) is 0 Å². The number of hydrogen-bond donors (Lipinski definition) is 2. The molecular weight excluding hydrogens is 199 g/mol. The van der Waals surface area contributed by atoms with Crippen molar-refractivity contribution in [3.8, 4) is 0 Å². The molecule has 76 valence electrons. The van der Waals surface area contributed by atoms with Gasteiger partial charge in [0.2, 0.25) is 0 Å². The van der Waals surface area contributed by atoms with Crippen molar-refractivity contribution in [3.05, 3.63) is 29.6 Å². The SMILES string of the molecule is O=C(O)CNc1cc(F)c(F)c(F)c1. The van der Waals surface area contributed by atoms with Crippen LogP contribution in [0.3, 0.4) is 0 Å². The summed E-state index contributed by atoms with van der Waals surface area (Å²) in [5, 5.41) is 10.5. The Bertz CT molecular complexity index is 345. The van der Waals surface area contributed by atoms with Crippen molar-refractivity contribution in [2.24, 2.45) is 0 Å². The molecule has 0 aliphatic carbocycles. The summed E-state index contributed by atoms with van der Waals surface area (Å²) in [7, 11) is 0. The molecule has 0 amide bonds. The van der Waals surface area contributed by atoms with Crippen LogP contribution in [0.5, 0.6) is 0 Å². The van der Waals surface area contributed by atoms with Crippen molar-refractivity contribution in [2.75, 3.05) is 11.9 Å². The van der Waals surface area contributed by atoms with Gasteiger partial charge in [-0.15, -0.1) is 0 Å². The predicted molar refractivity (Wildman–Crippen MR) is 42.4 cm³/mol. The summed E-state index contributed by atoms with van der Waals surface area (Å²) in [6.45, 7) is -0.496. The normalized spacial score (nSPS) is 9.93. The first-order chi connectivity index (χ1) is 6.50. The number of anilines is 1. The monoisotopic (exact) mass is 205 g/mol. The highest BCUT2D eigenvalue weighted by molar-refractivity contribution is 5.72. The molecule has 0 heterocycles. The fourth-order valence-corrected chi connectivity index (χ4v) is 0.835. The molecule has 0 aliphatic heterocycles. The minimum Gasteiger partial charge on any atom is -0.480 e. The third-order valence-corrected chi connectivity index (χ3v) is 1.43. The highest BCUT2D eigenvalue weighted by Crippen LogP contribution is 2.16.